The van der Waals surface area contributed by atoms with Crippen molar-refractivity contribution in [3.8, 4) is 0 Å². The minimum absolute atomic E-state index is 0.0111. The summed E-state index contributed by atoms with van der Waals surface area (Å²) in [5.41, 5.74) is 1.29. The highest BCUT2D eigenvalue weighted by molar-refractivity contribution is 7.89. The van der Waals surface area contributed by atoms with Crippen molar-refractivity contribution < 1.29 is 18.0 Å². The summed E-state index contributed by atoms with van der Waals surface area (Å²) >= 11 is 0. The molecule has 0 radical (unpaired) electrons. The summed E-state index contributed by atoms with van der Waals surface area (Å²) < 4.78 is 27.0. The van der Waals surface area contributed by atoms with Crippen LogP contribution in [0.15, 0.2) is 47.4 Å². The van der Waals surface area contributed by atoms with Gasteiger partial charge in [0.2, 0.25) is 21.8 Å². The minimum Gasteiger partial charge on any atom is -0.325 e. The first-order valence-electron chi connectivity index (χ1n) is 11.0. The van der Waals surface area contributed by atoms with Gasteiger partial charge in [-0.15, -0.1) is 0 Å². The molecule has 1 aliphatic rings. The number of nitrogens with zero attached hydrogens (tertiary/aromatic N) is 3. The molecule has 9 nitrogen and oxygen atoms in total. The number of aryl methyl sites for hydroxylation is 1. The maximum absolute atomic E-state index is 12.8. The topological polar surface area (TPSA) is 112 Å². The zero-order valence-electron chi connectivity index (χ0n) is 19.2. The van der Waals surface area contributed by atoms with Gasteiger partial charge in [0.1, 0.15) is 5.82 Å². The lowest BCUT2D eigenvalue weighted by Crippen LogP contribution is -2.43. The van der Waals surface area contributed by atoms with E-state index in [2.05, 4.69) is 15.6 Å². The third-order valence-electron chi connectivity index (χ3n) is 5.66. The van der Waals surface area contributed by atoms with E-state index in [4.69, 9.17) is 0 Å². The summed E-state index contributed by atoms with van der Waals surface area (Å²) in [7, 11) is -1.83. The summed E-state index contributed by atoms with van der Waals surface area (Å²) in [6.07, 6.45) is 2.80. The molecular weight excluding hydrogens is 442 g/mol. The number of carbonyl (C=O) groups is 2. The predicted octanol–water partition coefficient (Wildman–Crippen LogP) is 2.46. The van der Waals surface area contributed by atoms with E-state index >= 15 is 0 Å². The molecule has 1 aromatic carbocycles. The number of rotatable bonds is 8. The lowest BCUT2D eigenvalue weighted by Gasteiger charge is -2.26. The summed E-state index contributed by atoms with van der Waals surface area (Å²) in [4.78, 5) is 31.0. The van der Waals surface area contributed by atoms with Crippen LogP contribution in [0.4, 0.5) is 11.5 Å². The third kappa shape index (κ3) is 6.59. The minimum atomic E-state index is -3.52. The van der Waals surface area contributed by atoms with Crippen LogP contribution in [0.2, 0.25) is 0 Å². The molecule has 2 aromatic rings. The van der Waals surface area contributed by atoms with Gasteiger partial charge in [-0.1, -0.05) is 12.5 Å². The molecule has 2 heterocycles. The van der Waals surface area contributed by atoms with Gasteiger partial charge in [-0.3, -0.25) is 14.5 Å². The number of sulfonamides is 1. The molecule has 1 fully saturated rings. The third-order valence-corrected chi connectivity index (χ3v) is 7.58. The average Bonchev–Trinajstić information content (AvgIpc) is 2.79. The van der Waals surface area contributed by atoms with Crippen molar-refractivity contribution in [2.24, 2.45) is 0 Å². The number of pyridine rings is 1. The fraction of sp³-hybridized carbons (Fsp3) is 0.435. The maximum atomic E-state index is 12.8. The molecule has 3 rings (SSSR count). The number of benzene rings is 1. The molecule has 0 bridgehead atoms. The van der Waals surface area contributed by atoms with Gasteiger partial charge in [0, 0.05) is 24.5 Å². The van der Waals surface area contributed by atoms with Crippen molar-refractivity contribution in [3.05, 3.63) is 48.2 Å². The van der Waals surface area contributed by atoms with Gasteiger partial charge in [-0.2, -0.15) is 4.31 Å². The Morgan fingerprint density at radius 1 is 1.06 bits per heavy atom. The van der Waals surface area contributed by atoms with Crippen molar-refractivity contribution in [3.63, 3.8) is 0 Å². The Labute approximate surface area is 195 Å². The van der Waals surface area contributed by atoms with Crippen molar-refractivity contribution in [1.82, 2.24) is 14.2 Å². The molecule has 1 aliphatic heterocycles. The maximum Gasteiger partial charge on any atom is 0.243 e. The van der Waals surface area contributed by atoms with E-state index in [0.717, 1.165) is 25.0 Å². The van der Waals surface area contributed by atoms with Gasteiger partial charge in [0.15, 0.2) is 0 Å². The number of hydrogen-bond donors (Lipinski definition) is 2. The van der Waals surface area contributed by atoms with Crippen molar-refractivity contribution in [1.29, 1.82) is 0 Å². The SMILES string of the molecule is Cc1cccc(NC(=O)CN(C)C(C)C(=O)Nc2ccc(S(=O)(=O)N3CCCCC3)cc2)n1. The highest BCUT2D eigenvalue weighted by Crippen LogP contribution is 2.22. The number of amides is 2. The molecule has 1 unspecified atom stereocenters. The van der Waals surface area contributed by atoms with Crippen molar-refractivity contribution >= 4 is 33.3 Å². The lowest BCUT2D eigenvalue weighted by atomic mass is 10.2. The lowest BCUT2D eigenvalue weighted by molar-refractivity contribution is -0.122. The molecule has 1 atom stereocenters. The van der Waals surface area contributed by atoms with E-state index in [0.29, 0.717) is 24.6 Å². The van der Waals surface area contributed by atoms with Crippen LogP contribution in [-0.4, -0.2) is 67.1 Å². The molecule has 33 heavy (non-hydrogen) atoms. The van der Waals surface area contributed by atoms with Crippen LogP contribution < -0.4 is 10.6 Å². The van der Waals surface area contributed by atoms with Gasteiger partial charge < -0.3 is 10.6 Å². The van der Waals surface area contributed by atoms with Gasteiger partial charge >= 0.3 is 0 Å². The van der Waals surface area contributed by atoms with E-state index in [1.54, 1.807) is 43.1 Å². The van der Waals surface area contributed by atoms with Gasteiger partial charge in [-0.05, 0) is 70.1 Å². The molecule has 0 aliphatic carbocycles. The molecule has 1 saturated heterocycles. The fourth-order valence-corrected chi connectivity index (χ4v) is 5.09. The first-order valence-corrected chi connectivity index (χ1v) is 12.5. The van der Waals surface area contributed by atoms with E-state index in [1.165, 1.54) is 16.4 Å². The van der Waals surface area contributed by atoms with Crippen LogP contribution in [0.1, 0.15) is 31.9 Å². The number of nitrogens with one attached hydrogen (secondary N) is 2. The number of piperidine rings is 1. The second kappa shape index (κ2) is 10.9. The van der Waals surface area contributed by atoms with Crippen LogP contribution in [0.5, 0.6) is 0 Å². The molecule has 1 aromatic heterocycles. The first-order chi connectivity index (χ1) is 15.7. The largest absolute Gasteiger partial charge is 0.325 e. The molecule has 0 saturated carbocycles. The standard InChI is InChI=1S/C23H31N5O4S/c1-17-8-7-9-21(24-17)26-22(29)16-27(3)18(2)23(30)25-19-10-12-20(13-11-19)33(31,32)28-14-5-4-6-15-28/h7-13,18H,4-6,14-16H2,1-3H3,(H,25,30)(H,24,26,29). The van der Waals surface area contributed by atoms with Crippen LogP contribution in [0, 0.1) is 6.92 Å². The summed E-state index contributed by atoms with van der Waals surface area (Å²) in [5, 5.41) is 5.50. The zero-order chi connectivity index (χ0) is 24.0. The number of anilines is 2. The number of hydrogen-bond acceptors (Lipinski definition) is 6. The predicted molar refractivity (Wildman–Crippen MR) is 127 cm³/mol. The Bertz CT molecular complexity index is 1080. The van der Waals surface area contributed by atoms with Crippen molar-refractivity contribution in [2.75, 3.05) is 37.3 Å². The molecular formula is C23H31N5O4S. The second-order valence-corrected chi connectivity index (χ2v) is 10.2. The Kier molecular flexibility index (Phi) is 8.17. The fourth-order valence-electron chi connectivity index (χ4n) is 3.57. The highest BCUT2D eigenvalue weighted by Gasteiger charge is 2.26. The first kappa shape index (κ1) is 24.8. The van der Waals surface area contributed by atoms with Crippen molar-refractivity contribution in [2.45, 2.75) is 44.0 Å². The number of carbonyl (C=O) groups excluding carboxylic acids is 2. The number of likely N-dealkylation sites (N-methyl/N-ethyl adjacent to an activating group) is 1. The monoisotopic (exact) mass is 473 g/mol. The van der Waals surface area contributed by atoms with Gasteiger partial charge in [0.25, 0.3) is 0 Å². The van der Waals surface area contributed by atoms with Gasteiger partial charge in [0.05, 0.1) is 17.5 Å². The van der Waals surface area contributed by atoms with E-state index in [9.17, 15) is 18.0 Å². The van der Waals surface area contributed by atoms with Crippen LogP contribution in [0.25, 0.3) is 0 Å². The average molecular weight is 474 g/mol. The summed E-state index contributed by atoms with van der Waals surface area (Å²) in [6.45, 7) is 4.63. The molecule has 2 amide bonds. The van der Waals surface area contributed by atoms with E-state index in [-0.39, 0.29) is 23.3 Å². The highest BCUT2D eigenvalue weighted by atomic mass is 32.2. The quantitative estimate of drug-likeness (QED) is 0.609. The normalized spacial score (nSPS) is 15.8. The van der Waals surface area contributed by atoms with Crippen LogP contribution in [0.3, 0.4) is 0 Å². The van der Waals surface area contributed by atoms with Crippen LogP contribution in [-0.2, 0) is 19.6 Å². The second-order valence-electron chi connectivity index (χ2n) is 8.28. The van der Waals surface area contributed by atoms with Gasteiger partial charge in [-0.25, -0.2) is 13.4 Å². The molecule has 2 N–H and O–H groups in total. The molecule has 10 heteroatoms. The van der Waals surface area contributed by atoms with Crippen LogP contribution >= 0.6 is 0 Å². The molecule has 178 valence electrons. The summed E-state index contributed by atoms with van der Waals surface area (Å²) in [5.74, 6) is -0.113. The Hall–Kier alpha value is -2.82. The van der Waals surface area contributed by atoms with E-state index < -0.39 is 16.1 Å². The Morgan fingerprint density at radius 3 is 2.36 bits per heavy atom. The zero-order valence-corrected chi connectivity index (χ0v) is 20.1. The molecule has 0 spiro atoms. The van der Waals surface area contributed by atoms with E-state index in [1.807, 2.05) is 13.0 Å². The Morgan fingerprint density at radius 2 is 1.73 bits per heavy atom. The Balaban J connectivity index is 1.54. The smallest absolute Gasteiger partial charge is 0.243 e. The summed E-state index contributed by atoms with van der Waals surface area (Å²) in [6, 6.07) is 10.9. The number of aromatic nitrogens is 1.